The van der Waals surface area contributed by atoms with Gasteiger partial charge in [-0.25, -0.2) is 17.7 Å². The van der Waals surface area contributed by atoms with Gasteiger partial charge in [0.05, 0.1) is 4.90 Å². The quantitative estimate of drug-likeness (QED) is 0.223. The minimum atomic E-state index is -5.21. The first-order valence-electron chi connectivity index (χ1n) is 6.19. The monoisotopic (exact) mass is 380 g/mol. The number of hydrogen-bond donors (Lipinski definition) is 6. The van der Waals surface area contributed by atoms with E-state index in [2.05, 4.69) is 25.1 Å². The Bertz CT molecular complexity index is 836. The van der Waals surface area contributed by atoms with Crippen molar-refractivity contribution < 1.29 is 37.3 Å². The molecule has 2 aromatic rings. The third kappa shape index (κ3) is 5.15. The second kappa shape index (κ2) is 6.66. The lowest BCUT2D eigenvalue weighted by atomic mass is 9.81. The molecule has 0 aliphatic rings. The number of aromatic nitrogens is 4. The van der Waals surface area contributed by atoms with E-state index >= 15 is 0 Å². The van der Waals surface area contributed by atoms with Gasteiger partial charge in [-0.3, -0.25) is 0 Å². The molecule has 16 heteroatoms. The van der Waals surface area contributed by atoms with Crippen molar-refractivity contribution in [1.82, 2.24) is 25.3 Å². The number of nitrogens with one attached hydrogen (secondary N) is 2. The highest BCUT2D eigenvalue weighted by molar-refractivity contribution is 7.89. The Kier molecular flexibility index (Phi) is 5.17. The molecule has 0 atom stereocenters. The first kappa shape index (κ1) is 18.6. The number of phosphoric acid groups is 1. The van der Waals surface area contributed by atoms with Crippen LogP contribution in [0.3, 0.4) is 0 Å². The van der Waals surface area contributed by atoms with Crippen molar-refractivity contribution in [1.29, 1.82) is 0 Å². The number of H-pyrrole nitrogens is 1. The smallest absolute Gasteiger partial charge is 0.430 e. The fraction of sp³-hybridized carbons (Fsp3) is 0.125. The van der Waals surface area contributed by atoms with Gasteiger partial charge in [0.25, 0.3) is 0 Å². The highest BCUT2D eigenvalue weighted by atomic mass is 32.2. The topological polar surface area (TPSA) is 208 Å². The molecular formula is C8H12BN5O8PS-. The number of tetrazole rings is 1. The Morgan fingerprint density at radius 3 is 2.38 bits per heavy atom. The van der Waals surface area contributed by atoms with Gasteiger partial charge in [-0.15, -0.1) is 10.2 Å². The summed E-state index contributed by atoms with van der Waals surface area (Å²) in [7, 11) is -9.39. The average Bonchev–Trinajstić information content (AvgIpc) is 2.97. The van der Waals surface area contributed by atoms with Gasteiger partial charge in [-0.05, 0) is 35.9 Å². The van der Waals surface area contributed by atoms with Crippen molar-refractivity contribution in [3.63, 3.8) is 0 Å². The highest BCUT2D eigenvalue weighted by Gasteiger charge is 2.31. The second-order valence-corrected chi connectivity index (χ2v) is 7.52. The molecule has 6 N–H and O–H groups in total. The number of rotatable bonds is 7. The Morgan fingerprint density at radius 1 is 1.25 bits per heavy atom. The number of sulfonamides is 1. The van der Waals surface area contributed by atoms with E-state index in [1.54, 1.807) is 4.72 Å². The van der Waals surface area contributed by atoms with Crippen molar-refractivity contribution in [2.75, 3.05) is 6.44 Å². The van der Waals surface area contributed by atoms with Crippen LogP contribution in [0.25, 0.3) is 11.4 Å². The zero-order chi connectivity index (χ0) is 18.0. The van der Waals surface area contributed by atoms with Crippen molar-refractivity contribution in [3.8, 4) is 11.4 Å². The standard InChI is InChI=1S/C8H12BN5O8PS/c15-9(16,22-23(17,18)19)5-10-24(20,21)7-3-1-6(2-4-7)8-11-13-14-12-8/h1-4,10,15-16H,5H2,(H2,17,18,19)(H,11,12,13,14)/q-1. The third-order valence-corrected chi connectivity index (χ3v) is 4.67. The molecule has 0 fully saturated rings. The lowest BCUT2D eigenvalue weighted by Crippen LogP contribution is -2.49. The van der Waals surface area contributed by atoms with Gasteiger partial charge in [0.2, 0.25) is 15.8 Å². The molecule has 0 radical (unpaired) electrons. The predicted molar refractivity (Wildman–Crippen MR) is 78.1 cm³/mol. The van der Waals surface area contributed by atoms with E-state index in [0.29, 0.717) is 5.56 Å². The van der Waals surface area contributed by atoms with Crippen LogP contribution in [0, 0.1) is 0 Å². The lowest BCUT2D eigenvalue weighted by molar-refractivity contribution is 0.189. The summed E-state index contributed by atoms with van der Waals surface area (Å²) in [5, 5.41) is 31.6. The van der Waals surface area contributed by atoms with E-state index in [4.69, 9.17) is 9.79 Å². The summed E-state index contributed by atoms with van der Waals surface area (Å²) < 4.78 is 40.1. The van der Waals surface area contributed by atoms with Crippen LogP contribution in [-0.4, -0.2) is 62.1 Å². The second-order valence-electron chi connectivity index (χ2n) is 4.57. The van der Waals surface area contributed by atoms with E-state index in [-0.39, 0.29) is 10.7 Å². The van der Waals surface area contributed by atoms with Crippen LogP contribution in [0.4, 0.5) is 0 Å². The molecule has 1 aromatic carbocycles. The van der Waals surface area contributed by atoms with E-state index in [0.717, 1.165) is 0 Å². The molecule has 0 aliphatic carbocycles. The fourth-order valence-electron chi connectivity index (χ4n) is 1.63. The van der Waals surface area contributed by atoms with Gasteiger partial charge in [0.1, 0.15) is 0 Å². The molecule has 1 aromatic heterocycles. The average molecular weight is 380 g/mol. The van der Waals surface area contributed by atoms with Gasteiger partial charge >= 0.3 is 14.6 Å². The molecule has 0 saturated heterocycles. The summed E-state index contributed by atoms with van der Waals surface area (Å²) >= 11 is 0. The first-order chi connectivity index (χ1) is 11.0. The van der Waals surface area contributed by atoms with Crippen molar-refractivity contribution in [3.05, 3.63) is 24.3 Å². The van der Waals surface area contributed by atoms with Crippen LogP contribution in [-0.2, 0) is 19.0 Å². The SMILES string of the molecule is O=P(O)(O)O[B-](O)(O)CNS(=O)(=O)c1ccc(-c2nn[nH]n2)cc1. The maximum absolute atomic E-state index is 12.0. The van der Waals surface area contributed by atoms with Crippen LogP contribution in [0.1, 0.15) is 0 Å². The van der Waals surface area contributed by atoms with E-state index in [1.165, 1.54) is 24.3 Å². The molecule has 0 aliphatic heterocycles. The molecule has 2 rings (SSSR count). The van der Waals surface area contributed by atoms with Gasteiger partial charge in [-0.1, -0.05) is 0 Å². The largest absolute Gasteiger partial charge is 0.558 e. The Labute approximate surface area is 135 Å². The van der Waals surface area contributed by atoms with Crippen LogP contribution in [0.15, 0.2) is 29.2 Å². The molecule has 24 heavy (non-hydrogen) atoms. The third-order valence-electron chi connectivity index (χ3n) is 2.61. The predicted octanol–water partition coefficient (Wildman–Crippen LogP) is -2.28. The summed E-state index contributed by atoms with van der Waals surface area (Å²) in [6, 6.07) is 5.17. The molecule has 0 amide bonds. The van der Waals surface area contributed by atoms with Crippen LogP contribution >= 0.6 is 7.82 Å². The van der Waals surface area contributed by atoms with E-state index in [1.807, 2.05) is 0 Å². The lowest BCUT2D eigenvalue weighted by Gasteiger charge is -2.29. The van der Waals surface area contributed by atoms with E-state index < -0.39 is 31.0 Å². The summed E-state index contributed by atoms with van der Waals surface area (Å²) in [6.45, 7) is -4.08. The van der Waals surface area contributed by atoms with Gasteiger partial charge in [-0.2, -0.15) is 5.21 Å². The molecule has 0 saturated carbocycles. The molecule has 13 nitrogen and oxygen atoms in total. The molecular weight excluding hydrogens is 368 g/mol. The molecule has 132 valence electrons. The van der Waals surface area contributed by atoms with Gasteiger partial charge < -0.3 is 24.3 Å². The fourth-order valence-corrected chi connectivity index (χ4v) is 3.24. The first-order valence-corrected chi connectivity index (χ1v) is 9.20. The van der Waals surface area contributed by atoms with E-state index in [9.17, 15) is 23.0 Å². The Balaban J connectivity index is 2.09. The molecule has 1 heterocycles. The minimum absolute atomic E-state index is 0.238. The Morgan fingerprint density at radius 2 is 1.88 bits per heavy atom. The molecule has 0 spiro atoms. The summed E-state index contributed by atoms with van der Waals surface area (Å²) in [6.07, 6.45) is -1.15. The van der Waals surface area contributed by atoms with Crippen LogP contribution < -0.4 is 4.72 Å². The normalized spacial score (nSPS) is 13.2. The zero-order valence-corrected chi connectivity index (χ0v) is 13.4. The highest BCUT2D eigenvalue weighted by Crippen LogP contribution is 2.38. The summed E-state index contributed by atoms with van der Waals surface area (Å²) in [4.78, 5) is 16.8. The maximum atomic E-state index is 12.0. The number of benzene rings is 1. The minimum Gasteiger partial charge on any atom is -0.558 e. The van der Waals surface area contributed by atoms with Gasteiger partial charge in [0.15, 0.2) is 0 Å². The number of nitrogens with zero attached hydrogens (tertiary/aromatic N) is 3. The number of hydrogen-bond acceptors (Lipinski definition) is 9. The zero-order valence-electron chi connectivity index (χ0n) is 11.7. The summed E-state index contributed by atoms with van der Waals surface area (Å²) in [5.41, 5.74) is 0.482. The van der Waals surface area contributed by atoms with Crippen molar-refractivity contribution >= 4 is 24.6 Å². The molecule has 0 unspecified atom stereocenters. The molecule has 0 bridgehead atoms. The van der Waals surface area contributed by atoms with Crippen molar-refractivity contribution in [2.45, 2.75) is 4.90 Å². The Hall–Kier alpha value is -1.71. The van der Waals surface area contributed by atoms with Crippen LogP contribution in [0.2, 0.25) is 0 Å². The van der Waals surface area contributed by atoms with Crippen molar-refractivity contribution in [2.24, 2.45) is 0 Å². The van der Waals surface area contributed by atoms with Gasteiger partial charge in [0, 0.05) is 5.56 Å². The maximum Gasteiger partial charge on any atom is 0.430 e. The number of aromatic amines is 1. The van der Waals surface area contributed by atoms with Crippen LogP contribution in [0.5, 0.6) is 0 Å². The summed E-state index contributed by atoms with van der Waals surface area (Å²) in [5.74, 6) is 0.245.